The van der Waals surface area contributed by atoms with Gasteiger partial charge in [-0.3, -0.25) is 0 Å². The summed E-state index contributed by atoms with van der Waals surface area (Å²) in [6.45, 7) is 3.76. The van der Waals surface area contributed by atoms with Crippen molar-refractivity contribution in [1.82, 2.24) is 0 Å². The van der Waals surface area contributed by atoms with Crippen molar-refractivity contribution in [2.45, 2.75) is 116 Å². The molecule has 0 fully saturated rings. The van der Waals surface area contributed by atoms with Gasteiger partial charge in [0.05, 0.1) is 12.2 Å². The van der Waals surface area contributed by atoms with Gasteiger partial charge >= 0.3 is 0 Å². The first-order valence-electron chi connectivity index (χ1n) is 9.13. The molecular formula is C18H38O3. The quantitative estimate of drug-likeness (QED) is 0.398. The van der Waals surface area contributed by atoms with Crippen molar-refractivity contribution in [1.29, 1.82) is 0 Å². The molecule has 0 saturated heterocycles. The minimum absolute atomic E-state index is 0.587. The molecule has 0 rings (SSSR count). The lowest BCUT2D eigenvalue weighted by Crippen LogP contribution is -2.35. The molecular weight excluding hydrogens is 264 g/mol. The fraction of sp³-hybridized carbons (Fsp3) is 1.00. The zero-order chi connectivity index (χ0) is 15.9. The predicted octanol–water partition coefficient (Wildman–Crippen LogP) is 4.18. The fourth-order valence-electron chi connectivity index (χ4n) is 2.69. The van der Waals surface area contributed by atoms with Crippen LogP contribution in [0.4, 0.5) is 0 Å². The first-order chi connectivity index (χ1) is 10.1. The minimum Gasteiger partial charge on any atom is -0.391 e. The highest BCUT2D eigenvalue weighted by Gasteiger charge is 2.20. The number of hydrogen-bond donors (Lipinski definition) is 3. The van der Waals surface area contributed by atoms with E-state index in [2.05, 4.69) is 6.92 Å². The third-order valence-electron chi connectivity index (χ3n) is 4.24. The highest BCUT2D eigenvalue weighted by atomic mass is 16.4. The average Bonchev–Trinajstić information content (AvgIpc) is 2.47. The molecule has 0 aromatic rings. The van der Waals surface area contributed by atoms with Crippen LogP contribution in [0.2, 0.25) is 0 Å². The van der Waals surface area contributed by atoms with Crippen LogP contribution < -0.4 is 0 Å². The lowest BCUT2D eigenvalue weighted by molar-refractivity contribution is -0.0550. The first kappa shape index (κ1) is 20.9. The molecule has 3 nitrogen and oxygen atoms in total. The fourth-order valence-corrected chi connectivity index (χ4v) is 2.69. The topological polar surface area (TPSA) is 60.7 Å². The number of rotatable bonds is 15. The van der Waals surface area contributed by atoms with Crippen molar-refractivity contribution < 1.29 is 15.3 Å². The molecule has 0 spiro atoms. The van der Waals surface area contributed by atoms with Crippen molar-refractivity contribution in [3.05, 3.63) is 0 Å². The Morgan fingerprint density at radius 2 is 1.00 bits per heavy atom. The zero-order valence-corrected chi connectivity index (χ0v) is 14.3. The van der Waals surface area contributed by atoms with Gasteiger partial charge in [0, 0.05) is 0 Å². The normalized spacial score (nSPS) is 15.9. The number of aliphatic hydroxyl groups excluding tert-OH is 3. The van der Waals surface area contributed by atoms with Crippen molar-refractivity contribution >= 4 is 0 Å². The smallest absolute Gasteiger partial charge is 0.105 e. The molecule has 0 saturated carbocycles. The Bertz CT molecular complexity index is 207. The van der Waals surface area contributed by atoms with Gasteiger partial charge in [-0.25, -0.2) is 0 Å². The molecule has 21 heavy (non-hydrogen) atoms. The maximum absolute atomic E-state index is 9.64. The van der Waals surface area contributed by atoms with Crippen molar-refractivity contribution in [3.8, 4) is 0 Å². The van der Waals surface area contributed by atoms with Gasteiger partial charge in [-0.15, -0.1) is 0 Å². The summed E-state index contributed by atoms with van der Waals surface area (Å²) < 4.78 is 0. The maximum Gasteiger partial charge on any atom is 0.105 e. The third-order valence-corrected chi connectivity index (χ3v) is 4.24. The van der Waals surface area contributed by atoms with Crippen molar-refractivity contribution in [2.75, 3.05) is 0 Å². The van der Waals surface area contributed by atoms with Gasteiger partial charge in [0.1, 0.15) is 6.10 Å². The van der Waals surface area contributed by atoms with Crippen LogP contribution in [-0.4, -0.2) is 33.6 Å². The van der Waals surface area contributed by atoms with Gasteiger partial charge < -0.3 is 15.3 Å². The van der Waals surface area contributed by atoms with E-state index in [4.69, 9.17) is 0 Å². The average molecular weight is 302 g/mol. The summed E-state index contributed by atoms with van der Waals surface area (Å²) in [5.74, 6) is 0. The molecule has 3 heteroatoms. The lowest BCUT2D eigenvalue weighted by atomic mass is 10.0. The first-order valence-corrected chi connectivity index (χ1v) is 9.13. The summed E-state index contributed by atoms with van der Waals surface area (Å²) >= 11 is 0. The van der Waals surface area contributed by atoms with E-state index in [0.29, 0.717) is 6.42 Å². The second-order valence-electron chi connectivity index (χ2n) is 6.48. The molecule has 0 radical (unpaired) electrons. The van der Waals surface area contributed by atoms with E-state index in [1.54, 1.807) is 0 Å². The van der Waals surface area contributed by atoms with Crippen LogP contribution in [0.1, 0.15) is 97.3 Å². The number of hydrogen-bond acceptors (Lipinski definition) is 3. The largest absolute Gasteiger partial charge is 0.391 e. The van der Waals surface area contributed by atoms with Crippen LogP contribution in [0.15, 0.2) is 0 Å². The van der Waals surface area contributed by atoms with Gasteiger partial charge in [0.15, 0.2) is 0 Å². The summed E-state index contributed by atoms with van der Waals surface area (Å²) in [6, 6.07) is 0. The van der Waals surface area contributed by atoms with Gasteiger partial charge in [-0.05, 0) is 13.3 Å². The Hall–Kier alpha value is -0.120. The predicted molar refractivity (Wildman–Crippen MR) is 89.4 cm³/mol. The molecule has 3 N–H and O–H groups in total. The van der Waals surface area contributed by atoms with E-state index in [1.165, 1.54) is 71.1 Å². The highest BCUT2D eigenvalue weighted by molar-refractivity contribution is 4.71. The molecule has 0 heterocycles. The molecule has 0 amide bonds. The Morgan fingerprint density at radius 1 is 0.619 bits per heavy atom. The lowest BCUT2D eigenvalue weighted by Gasteiger charge is -2.19. The van der Waals surface area contributed by atoms with E-state index < -0.39 is 18.3 Å². The highest BCUT2D eigenvalue weighted by Crippen LogP contribution is 2.14. The van der Waals surface area contributed by atoms with Crippen LogP contribution in [0, 0.1) is 0 Å². The maximum atomic E-state index is 9.64. The Balaban J connectivity index is 3.19. The minimum atomic E-state index is -1.00. The van der Waals surface area contributed by atoms with Gasteiger partial charge in [-0.2, -0.15) is 0 Å². The SMILES string of the molecule is CCCCCCCCCCCCCCC(O)C(O)C(C)O. The van der Waals surface area contributed by atoms with Gasteiger partial charge in [0.2, 0.25) is 0 Å². The molecule has 128 valence electrons. The van der Waals surface area contributed by atoms with Gasteiger partial charge in [-0.1, -0.05) is 84.0 Å². The summed E-state index contributed by atoms with van der Waals surface area (Å²) in [5, 5.41) is 28.3. The monoisotopic (exact) mass is 302 g/mol. The van der Waals surface area contributed by atoms with Crippen molar-refractivity contribution in [3.63, 3.8) is 0 Å². The molecule has 0 aliphatic heterocycles. The summed E-state index contributed by atoms with van der Waals surface area (Å²) in [7, 11) is 0. The van der Waals surface area contributed by atoms with Crippen LogP contribution in [0.25, 0.3) is 0 Å². The van der Waals surface area contributed by atoms with Crippen molar-refractivity contribution in [2.24, 2.45) is 0 Å². The zero-order valence-electron chi connectivity index (χ0n) is 14.3. The molecule has 0 bridgehead atoms. The summed E-state index contributed by atoms with van der Waals surface area (Å²) in [5.41, 5.74) is 0. The second-order valence-corrected chi connectivity index (χ2v) is 6.48. The number of unbranched alkanes of at least 4 members (excludes halogenated alkanes) is 11. The summed E-state index contributed by atoms with van der Waals surface area (Å²) in [6.07, 6.45) is 13.5. The molecule has 0 aromatic carbocycles. The molecule has 0 aromatic heterocycles. The van der Waals surface area contributed by atoms with E-state index >= 15 is 0 Å². The van der Waals surface area contributed by atoms with E-state index in [9.17, 15) is 15.3 Å². The molecule has 3 unspecified atom stereocenters. The van der Waals surface area contributed by atoms with E-state index in [0.717, 1.165) is 12.8 Å². The van der Waals surface area contributed by atoms with Crippen LogP contribution in [-0.2, 0) is 0 Å². The van der Waals surface area contributed by atoms with Crippen LogP contribution in [0.3, 0.4) is 0 Å². The number of aliphatic hydroxyl groups is 3. The second kappa shape index (κ2) is 14.8. The van der Waals surface area contributed by atoms with E-state index in [1.807, 2.05) is 0 Å². The molecule has 0 aliphatic rings. The third kappa shape index (κ3) is 13.3. The Kier molecular flexibility index (Phi) is 14.7. The molecule has 3 atom stereocenters. The Labute approximate surface area is 131 Å². The van der Waals surface area contributed by atoms with Crippen LogP contribution in [0.5, 0.6) is 0 Å². The standard InChI is InChI=1S/C18H38O3/c1-3-4-5-6-7-8-9-10-11-12-13-14-15-17(20)18(21)16(2)19/h16-21H,3-15H2,1-2H3. The Morgan fingerprint density at radius 3 is 1.38 bits per heavy atom. The summed E-state index contributed by atoms with van der Waals surface area (Å²) in [4.78, 5) is 0. The van der Waals surface area contributed by atoms with Gasteiger partial charge in [0.25, 0.3) is 0 Å². The molecule has 0 aliphatic carbocycles. The van der Waals surface area contributed by atoms with E-state index in [-0.39, 0.29) is 0 Å². The van der Waals surface area contributed by atoms with Crippen LogP contribution >= 0.6 is 0 Å².